The number of pyridine rings is 1. The van der Waals surface area contributed by atoms with E-state index in [2.05, 4.69) is 41.9 Å². The van der Waals surface area contributed by atoms with Gasteiger partial charge in [-0.3, -0.25) is 19.3 Å². The second-order valence-electron chi connectivity index (χ2n) is 10.3. The number of piperidine rings is 1. The van der Waals surface area contributed by atoms with E-state index < -0.39 is 0 Å². The van der Waals surface area contributed by atoms with Crippen molar-refractivity contribution in [1.82, 2.24) is 24.6 Å². The topological polar surface area (TPSA) is 71.3 Å². The fourth-order valence-electron chi connectivity index (χ4n) is 5.69. The first-order valence-electron chi connectivity index (χ1n) is 12.2. The Morgan fingerprint density at radius 3 is 2.57 bits per heavy atom. The molecular weight excluding hydrogens is 574 g/mol. The largest absolute Gasteiger partial charge is 0.341 e. The molecule has 0 unspecified atom stereocenters. The van der Waals surface area contributed by atoms with Crippen LogP contribution < -0.4 is 0 Å². The number of benzene rings is 1. The van der Waals surface area contributed by atoms with Gasteiger partial charge in [0.15, 0.2) is 0 Å². The molecule has 6 rings (SSSR count). The number of amides is 2. The van der Waals surface area contributed by atoms with Gasteiger partial charge in [-0.25, -0.2) is 0 Å². The van der Waals surface area contributed by atoms with Gasteiger partial charge in [-0.15, -0.1) is 0 Å². The van der Waals surface area contributed by atoms with Crippen LogP contribution in [0, 0.1) is 5.41 Å². The molecule has 3 aromatic rings. The summed E-state index contributed by atoms with van der Waals surface area (Å²) in [5, 5.41) is 5.42. The quantitative estimate of drug-likeness (QED) is 0.434. The Balaban J connectivity index is 1.15. The second-order valence-corrected chi connectivity index (χ2v) is 12.1. The minimum absolute atomic E-state index is 0.0470. The maximum atomic E-state index is 13.6. The van der Waals surface area contributed by atoms with Gasteiger partial charge in [0, 0.05) is 41.9 Å². The Morgan fingerprint density at radius 1 is 1.06 bits per heavy atom. The van der Waals surface area contributed by atoms with E-state index in [-0.39, 0.29) is 23.3 Å². The van der Waals surface area contributed by atoms with Crippen LogP contribution in [0.25, 0.3) is 10.9 Å². The van der Waals surface area contributed by atoms with Crippen molar-refractivity contribution >= 4 is 54.6 Å². The molecule has 35 heavy (non-hydrogen) atoms. The van der Waals surface area contributed by atoms with Crippen molar-refractivity contribution in [3.05, 3.63) is 57.4 Å². The highest BCUT2D eigenvalue weighted by atomic mass is 79.9. The molecule has 4 heterocycles. The predicted molar refractivity (Wildman–Crippen MR) is 140 cm³/mol. The first-order valence-corrected chi connectivity index (χ1v) is 13.8. The van der Waals surface area contributed by atoms with Crippen LogP contribution in [0.4, 0.5) is 0 Å². The van der Waals surface area contributed by atoms with E-state index in [9.17, 15) is 9.59 Å². The Labute approximate surface area is 221 Å². The van der Waals surface area contributed by atoms with Crippen LogP contribution >= 0.6 is 31.9 Å². The van der Waals surface area contributed by atoms with E-state index in [1.807, 2.05) is 44.9 Å². The summed E-state index contributed by atoms with van der Waals surface area (Å²) in [6.45, 7) is 2.12. The minimum Gasteiger partial charge on any atom is -0.341 e. The number of fused-ring (bicyclic) bond motifs is 1. The number of carbonyl (C=O) groups excluding carboxylic acids is 2. The zero-order valence-corrected chi connectivity index (χ0v) is 22.5. The lowest BCUT2D eigenvalue weighted by Gasteiger charge is -2.35. The number of aromatic nitrogens is 3. The van der Waals surface area contributed by atoms with Gasteiger partial charge in [0.2, 0.25) is 11.8 Å². The van der Waals surface area contributed by atoms with E-state index in [0.29, 0.717) is 32.1 Å². The zero-order valence-electron chi connectivity index (χ0n) is 19.4. The lowest BCUT2D eigenvalue weighted by Crippen LogP contribution is -2.50. The summed E-state index contributed by atoms with van der Waals surface area (Å²) in [5.41, 5.74) is 2.02. The van der Waals surface area contributed by atoms with Gasteiger partial charge in [-0.1, -0.05) is 6.07 Å². The SMILES string of the molecule is O=C([C@@H]1CC2(CC2)CN1C(=O)Cc1ccc2ncc(Br)cc2c1)N1CCC(n2cc(Br)cn2)CC1. The first kappa shape index (κ1) is 23.2. The Kier molecular flexibility index (Phi) is 5.95. The number of carbonyl (C=O) groups is 2. The maximum absolute atomic E-state index is 13.6. The van der Waals surface area contributed by atoms with Crippen molar-refractivity contribution in [2.45, 2.75) is 50.6 Å². The predicted octanol–water partition coefficient (Wildman–Crippen LogP) is 4.74. The molecule has 3 fully saturated rings. The van der Waals surface area contributed by atoms with Crippen molar-refractivity contribution in [3.63, 3.8) is 0 Å². The molecule has 3 aliphatic rings. The molecule has 2 amide bonds. The lowest BCUT2D eigenvalue weighted by molar-refractivity contribution is -0.144. The number of hydrogen-bond acceptors (Lipinski definition) is 4. The summed E-state index contributed by atoms with van der Waals surface area (Å²) in [5.74, 6) is 0.166. The van der Waals surface area contributed by atoms with Crippen molar-refractivity contribution in [2.24, 2.45) is 5.41 Å². The van der Waals surface area contributed by atoms with Gasteiger partial charge in [0.25, 0.3) is 0 Å². The maximum Gasteiger partial charge on any atom is 0.245 e. The van der Waals surface area contributed by atoms with Crippen LogP contribution in [0.3, 0.4) is 0 Å². The highest BCUT2D eigenvalue weighted by Gasteiger charge is 2.55. The number of likely N-dealkylation sites (tertiary alicyclic amines) is 2. The molecular formula is C26H27Br2N5O2. The van der Waals surface area contributed by atoms with Gasteiger partial charge in [0.1, 0.15) is 6.04 Å². The van der Waals surface area contributed by atoms with Crippen molar-refractivity contribution in [3.8, 4) is 0 Å². The summed E-state index contributed by atoms with van der Waals surface area (Å²) in [7, 11) is 0. The molecule has 2 aromatic heterocycles. The summed E-state index contributed by atoms with van der Waals surface area (Å²) in [6, 6.07) is 7.95. The average molecular weight is 601 g/mol. The summed E-state index contributed by atoms with van der Waals surface area (Å²) < 4.78 is 3.88. The highest BCUT2D eigenvalue weighted by Crippen LogP contribution is 2.55. The number of rotatable bonds is 4. The average Bonchev–Trinajstić information content (AvgIpc) is 3.28. The number of halogens is 2. The first-order chi connectivity index (χ1) is 16.9. The fourth-order valence-corrected chi connectivity index (χ4v) is 6.34. The Hall–Kier alpha value is -2.26. The van der Waals surface area contributed by atoms with Gasteiger partial charge < -0.3 is 9.80 Å². The summed E-state index contributed by atoms with van der Waals surface area (Å²) in [4.78, 5) is 35.4. The van der Waals surface area contributed by atoms with E-state index in [1.54, 1.807) is 12.4 Å². The van der Waals surface area contributed by atoms with Crippen molar-refractivity contribution < 1.29 is 9.59 Å². The van der Waals surface area contributed by atoms with Crippen molar-refractivity contribution in [1.29, 1.82) is 0 Å². The normalized spacial score (nSPS) is 21.7. The van der Waals surface area contributed by atoms with Crippen LogP contribution in [0.1, 0.15) is 43.7 Å². The van der Waals surface area contributed by atoms with E-state index in [1.165, 1.54) is 0 Å². The van der Waals surface area contributed by atoms with Gasteiger partial charge in [-0.2, -0.15) is 5.10 Å². The Morgan fingerprint density at radius 2 is 1.86 bits per heavy atom. The second kappa shape index (κ2) is 9.00. The van der Waals surface area contributed by atoms with Crippen LogP contribution in [0.2, 0.25) is 0 Å². The monoisotopic (exact) mass is 599 g/mol. The van der Waals surface area contributed by atoms with Gasteiger partial charge >= 0.3 is 0 Å². The molecule has 2 aliphatic heterocycles. The zero-order chi connectivity index (χ0) is 24.2. The molecule has 1 aromatic carbocycles. The molecule has 9 heteroatoms. The summed E-state index contributed by atoms with van der Waals surface area (Å²) in [6.07, 6.45) is 10.7. The third kappa shape index (κ3) is 4.65. The molecule has 182 valence electrons. The number of hydrogen-bond donors (Lipinski definition) is 0. The lowest BCUT2D eigenvalue weighted by atomic mass is 10.0. The molecule has 0 bridgehead atoms. The number of nitrogens with zero attached hydrogens (tertiary/aromatic N) is 5. The van der Waals surface area contributed by atoms with Crippen molar-refractivity contribution in [2.75, 3.05) is 19.6 Å². The van der Waals surface area contributed by atoms with Crippen LogP contribution in [-0.4, -0.2) is 62.1 Å². The van der Waals surface area contributed by atoms with E-state index in [4.69, 9.17) is 0 Å². The highest BCUT2D eigenvalue weighted by molar-refractivity contribution is 9.10. The summed E-state index contributed by atoms with van der Waals surface area (Å²) >= 11 is 6.94. The van der Waals surface area contributed by atoms with Gasteiger partial charge in [0.05, 0.1) is 28.6 Å². The third-order valence-electron chi connectivity index (χ3n) is 7.86. The van der Waals surface area contributed by atoms with Crippen LogP contribution in [0.15, 0.2) is 51.8 Å². The van der Waals surface area contributed by atoms with Crippen LogP contribution in [-0.2, 0) is 16.0 Å². The molecule has 7 nitrogen and oxygen atoms in total. The minimum atomic E-state index is -0.336. The van der Waals surface area contributed by atoms with Gasteiger partial charge in [-0.05, 0) is 93.1 Å². The molecule has 0 N–H and O–H groups in total. The van der Waals surface area contributed by atoms with E-state index in [0.717, 1.165) is 57.5 Å². The van der Waals surface area contributed by atoms with Crippen LogP contribution in [0.5, 0.6) is 0 Å². The molecule has 0 radical (unpaired) electrons. The smallest absolute Gasteiger partial charge is 0.245 e. The fraction of sp³-hybridized carbons (Fsp3) is 0.462. The molecule has 1 atom stereocenters. The molecule has 2 saturated heterocycles. The Bertz CT molecular complexity index is 1300. The third-order valence-corrected chi connectivity index (χ3v) is 8.70. The molecule has 1 spiro atoms. The molecule has 1 aliphatic carbocycles. The van der Waals surface area contributed by atoms with E-state index >= 15 is 0 Å². The standard InChI is InChI=1S/C26H27Br2N5O2/c27-19-11-18-9-17(1-2-22(18)29-13-19)10-24(34)32-16-26(5-6-26)12-23(32)25(35)31-7-3-21(4-8-31)33-15-20(28)14-30-33/h1-2,9,11,13-15,21,23H,3-8,10,12,16H2/t23-/m0/s1. The molecule has 1 saturated carbocycles.